The van der Waals surface area contributed by atoms with Gasteiger partial charge < -0.3 is 10.2 Å². The van der Waals surface area contributed by atoms with Crippen molar-refractivity contribution in [2.24, 2.45) is 0 Å². The van der Waals surface area contributed by atoms with Crippen LogP contribution in [0, 0.1) is 13.8 Å². The van der Waals surface area contributed by atoms with Crippen LogP contribution in [0.25, 0.3) is 0 Å². The van der Waals surface area contributed by atoms with Crippen LogP contribution in [0.4, 0.5) is 0 Å². The van der Waals surface area contributed by atoms with Gasteiger partial charge in [-0.1, -0.05) is 12.1 Å². The fourth-order valence-corrected chi connectivity index (χ4v) is 2.66. The number of carbonyl (C=O) groups is 1. The number of aromatic nitrogens is 2. The molecule has 1 N–H and O–H groups in total. The molecular weight excluding hydrogens is 312 g/mol. The van der Waals surface area contributed by atoms with E-state index in [0.717, 1.165) is 36.5 Å². The van der Waals surface area contributed by atoms with Crippen molar-refractivity contribution < 1.29 is 4.79 Å². The molecule has 25 heavy (non-hydrogen) atoms. The molecule has 0 spiro atoms. The van der Waals surface area contributed by atoms with Gasteiger partial charge in [0.1, 0.15) is 0 Å². The fraction of sp³-hybridized carbons (Fsp3) is 0.500. The number of hydrogen-bond acceptors (Lipinski definition) is 3. The monoisotopic (exact) mass is 342 g/mol. The Morgan fingerprint density at radius 1 is 1.24 bits per heavy atom. The summed E-state index contributed by atoms with van der Waals surface area (Å²) in [6.07, 6.45) is 0.955. The third-order valence-corrected chi connectivity index (χ3v) is 4.51. The third-order valence-electron chi connectivity index (χ3n) is 4.51. The maximum atomic E-state index is 12.2. The molecule has 5 heteroatoms. The molecular formula is C20H30N4O. The summed E-state index contributed by atoms with van der Waals surface area (Å²) >= 11 is 0. The van der Waals surface area contributed by atoms with Gasteiger partial charge in [-0.3, -0.25) is 9.48 Å². The smallest absolute Gasteiger partial charge is 0.251 e. The maximum Gasteiger partial charge on any atom is 0.251 e. The van der Waals surface area contributed by atoms with E-state index in [1.807, 2.05) is 35.9 Å². The van der Waals surface area contributed by atoms with Crippen molar-refractivity contribution >= 4 is 5.91 Å². The number of aryl methyl sites for hydroxylation is 2. The molecule has 0 atom stereocenters. The summed E-state index contributed by atoms with van der Waals surface area (Å²) in [6, 6.07) is 10.4. The van der Waals surface area contributed by atoms with Gasteiger partial charge in [0.15, 0.2) is 0 Å². The Labute approximate surface area is 151 Å². The lowest BCUT2D eigenvalue weighted by molar-refractivity contribution is 0.0951. The molecule has 5 nitrogen and oxygen atoms in total. The van der Waals surface area contributed by atoms with Crippen LogP contribution in [0.3, 0.4) is 0 Å². The van der Waals surface area contributed by atoms with Crippen LogP contribution in [-0.2, 0) is 6.54 Å². The van der Waals surface area contributed by atoms with Crippen molar-refractivity contribution in [2.45, 2.75) is 46.7 Å². The van der Waals surface area contributed by atoms with E-state index in [0.29, 0.717) is 18.2 Å². The number of nitrogens with one attached hydrogen (secondary N) is 1. The van der Waals surface area contributed by atoms with Crippen molar-refractivity contribution in [3.8, 4) is 0 Å². The van der Waals surface area contributed by atoms with E-state index in [1.165, 1.54) is 0 Å². The van der Waals surface area contributed by atoms with E-state index in [9.17, 15) is 4.79 Å². The van der Waals surface area contributed by atoms with Crippen LogP contribution >= 0.6 is 0 Å². The minimum atomic E-state index is -0.00939. The van der Waals surface area contributed by atoms with Crippen molar-refractivity contribution in [1.29, 1.82) is 0 Å². The van der Waals surface area contributed by atoms with Gasteiger partial charge in [0.05, 0.1) is 12.2 Å². The fourth-order valence-electron chi connectivity index (χ4n) is 2.66. The summed E-state index contributed by atoms with van der Waals surface area (Å²) in [5, 5.41) is 7.46. The molecule has 1 amide bonds. The highest BCUT2D eigenvalue weighted by Gasteiger charge is 2.07. The van der Waals surface area contributed by atoms with Gasteiger partial charge in [-0.15, -0.1) is 0 Å². The van der Waals surface area contributed by atoms with Crippen LogP contribution in [0.1, 0.15) is 47.6 Å². The Bertz CT molecular complexity index is 688. The van der Waals surface area contributed by atoms with E-state index >= 15 is 0 Å². The Balaban J connectivity index is 1.82. The first-order chi connectivity index (χ1) is 11.9. The first-order valence-corrected chi connectivity index (χ1v) is 8.95. The average Bonchev–Trinajstić information content (AvgIpc) is 2.89. The molecule has 0 saturated heterocycles. The lowest BCUT2D eigenvalue weighted by Crippen LogP contribution is -2.31. The molecule has 136 valence electrons. The summed E-state index contributed by atoms with van der Waals surface area (Å²) in [5.41, 5.74) is 4.01. The maximum absolute atomic E-state index is 12.2. The Morgan fingerprint density at radius 3 is 2.48 bits per heavy atom. The van der Waals surface area contributed by atoms with Crippen LogP contribution in [-0.4, -0.2) is 46.8 Å². The molecule has 1 aromatic heterocycles. The third kappa shape index (κ3) is 5.71. The van der Waals surface area contributed by atoms with Crippen LogP contribution in [0.2, 0.25) is 0 Å². The van der Waals surface area contributed by atoms with Crippen molar-refractivity contribution in [3.05, 3.63) is 52.8 Å². The van der Waals surface area contributed by atoms with E-state index < -0.39 is 0 Å². The largest absolute Gasteiger partial charge is 0.352 e. The van der Waals surface area contributed by atoms with Crippen molar-refractivity contribution in [2.75, 3.05) is 20.1 Å². The topological polar surface area (TPSA) is 50.2 Å². The van der Waals surface area contributed by atoms with Crippen LogP contribution < -0.4 is 5.32 Å². The molecule has 0 unspecified atom stereocenters. The first-order valence-electron chi connectivity index (χ1n) is 8.95. The van der Waals surface area contributed by atoms with Gasteiger partial charge in [-0.05, 0) is 71.5 Å². The molecule has 0 aliphatic rings. The van der Waals surface area contributed by atoms with E-state index in [2.05, 4.69) is 49.2 Å². The van der Waals surface area contributed by atoms with Crippen molar-refractivity contribution in [1.82, 2.24) is 20.0 Å². The van der Waals surface area contributed by atoms with Crippen LogP contribution in [0.5, 0.6) is 0 Å². The van der Waals surface area contributed by atoms with Crippen molar-refractivity contribution in [3.63, 3.8) is 0 Å². The minimum Gasteiger partial charge on any atom is -0.352 e. The Kier molecular flexibility index (Phi) is 6.76. The minimum absolute atomic E-state index is 0.00939. The van der Waals surface area contributed by atoms with Gasteiger partial charge >= 0.3 is 0 Å². The lowest BCUT2D eigenvalue weighted by atomic mass is 10.1. The molecule has 0 aliphatic heterocycles. The molecule has 2 aromatic rings. The quantitative estimate of drug-likeness (QED) is 0.750. The molecule has 0 saturated carbocycles. The van der Waals surface area contributed by atoms with Gasteiger partial charge in [-0.2, -0.15) is 5.10 Å². The summed E-state index contributed by atoms with van der Waals surface area (Å²) in [4.78, 5) is 14.5. The Morgan fingerprint density at radius 2 is 1.92 bits per heavy atom. The number of rotatable bonds is 8. The molecule has 1 aromatic carbocycles. The van der Waals surface area contributed by atoms with Gasteiger partial charge in [-0.25, -0.2) is 0 Å². The second-order valence-electron chi connectivity index (χ2n) is 6.97. The zero-order valence-electron chi connectivity index (χ0n) is 16.0. The highest BCUT2D eigenvalue weighted by atomic mass is 16.1. The molecule has 1 heterocycles. The lowest BCUT2D eigenvalue weighted by Gasteiger charge is -2.20. The first kappa shape index (κ1) is 19.2. The predicted molar refractivity (Wildman–Crippen MR) is 102 cm³/mol. The molecule has 0 aliphatic carbocycles. The standard InChI is InChI=1S/C20H30N4O/c1-15(2)23(5)12-6-11-21-20(25)19-9-7-18(8-10-19)14-24-17(4)13-16(3)22-24/h7-10,13,15H,6,11-12,14H2,1-5H3,(H,21,25). The summed E-state index contributed by atoms with van der Waals surface area (Å²) < 4.78 is 1.98. The summed E-state index contributed by atoms with van der Waals surface area (Å²) in [5.74, 6) is -0.00939. The van der Waals surface area contributed by atoms with E-state index in [-0.39, 0.29) is 5.91 Å². The Hall–Kier alpha value is -2.14. The number of hydrogen-bond donors (Lipinski definition) is 1. The molecule has 2 rings (SSSR count). The SMILES string of the molecule is Cc1cc(C)n(Cc2ccc(C(=O)NCCCN(C)C(C)C)cc2)n1. The van der Waals surface area contributed by atoms with Crippen LogP contribution in [0.15, 0.2) is 30.3 Å². The molecule has 0 radical (unpaired) electrons. The van der Waals surface area contributed by atoms with Gasteiger partial charge in [0.2, 0.25) is 0 Å². The second-order valence-corrected chi connectivity index (χ2v) is 6.97. The molecule has 0 bridgehead atoms. The van der Waals surface area contributed by atoms with Gasteiger partial charge in [0, 0.05) is 23.8 Å². The zero-order chi connectivity index (χ0) is 18.4. The normalized spacial score (nSPS) is 11.3. The zero-order valence-corrected chi connectivity index (χ0v) is 16.0. The number of nitrogens with zero attached hydrogens (tertiary/aromatic N) is 3. The predicted octanol–water partition coefficient (Wildman–Crippen LogP) is 3.01. The van der Waals surface area contributed by atoms with Gasteiger partial charge in [0.25, 0.3) is 5.91 Å². The number of amides is 1. The number of carbonyl (C=O) groups excluding carboxylic acids is 1. The average molecular weight is 342 g/mol. The summed E-state index contributed by atoms with van der Waals surface area (Å²) in [6.45, 7) is 10.8. The number of benzene rings is 1. The second kappa shape index (κ2) is 8.81. The van der Waals surface area contributed by atoms with E-state index in [1.54, 1.807) is 0 Å². The molecule has 0 fully saturated rings. The highest BCUT2D eigenvalue weighted by Crippen LogP contribution is 2.09. The summed E-state index contributed by atoms with van der Waals surface area (Å²) in [7, 11) is 2.11. The van der Waals surface area contributed by atoms with E-state index in [4.69, 9.17) is 0 Å². The highest BCUT2D eigenvalue weighted by molar-refractivity contribution is 5.94.